The molecule has 0 unspecified atom stereocenters. The van der Waals surface area contributed by atoms with Crippen molar-refractivity contribution in [2.45, 2.75) is 6.61 Å². The van der Waals surface area contributed by atoms with E-state index in [9.17, 15) is 4.79 Å². The van der Waals surface area contributed by atoms with Crippen molar-refractivity contribution in [1.82, 2.24) is 4.90 Å². The number of nitriles is 2. The third-order valence-corrected chi connectivity index (χ3v) is 1.99. The third kappa shape index (κ3) is 4.23. The minimum Gasteiger partial charge on any atom is -0.444 e. The van der Waals surface area contributed by atoms with Crippen LogP contribution >= 0.6 is 0 Å². The standard InChI is InChI=1S/C12H11N3O2/c13-6-8-15(9-7-14)12(16)17-10-11-4-2-1-3-5-11/h1-5H,8-10H2. The van der Waals surface area contributed by atoms with Gasteiger partial charge in [0.2, 0.25) is 0 Å². The highest BCUT2D eigenvalue weighted by molar-refractivity contribution is 5.68. The fraction of sp³-hybridized carbons (Fsp3) is 0.250. The number of amides is 1. The monoisotopic (exact) mass is 229 g/mol. The quantitative estimate of drug-likeness (QED) is 0.736. The van der Waals surface area contributed by atoms with E-state index >= 15 is 0 Å². The molecule has 1 rings (SSSR count). The van der Waals surface area contributed by atoms with E-state index in [4.69, 9.17) is 15.3 Å². The molecule has 0 aliphatic rings. The number of hydrogen-bond acceptors (Lipinski definition) is 4. The lowest BCUT2D eigenvalue weighted by atomic mass is 10.2. The molecule has 0 N–H and O–H groups in total. The Morgan fingerprint density at radius 1 is 1.18 bits per heavy atom. The molecule has 0 aliphatic heterocycles. The molecule has 86 valence electrons. The third-order valence-electron chi connectivity index (χ3n) is 1.99. The molecule has 1 amide bonds. The predicted molar refractivity (Wildman–Crippen MR) is 59.4 cm³/mol. The zero-order valence-corrected chi connectivity index (χ0v) is 9.17. The molecule has 17 heavy (non-hydrogen) atoms. The van der Waals surface area contributed by atoms with Crippen molar-refractivity contribution in [1.29, 1.82) is 10.5 Å². The van der Waals surface area contributed by atoms with Crippen molar-refractivity contribution in [2.24, 2.45) is 0 Å². The van der Waals surface area contributed by atoms with Crippen LogP contribution in [-0.2, 0) is 11.3 Å². The second kappa shape index (κ2) is 6.86. The van der Waals surface area contributed by atoms with E-state index in [2.05, 4.69) is 0 Å². The lowest BCUT2D eigenvalue weighted by Crippen LogP contribution is -2.32. The van der Waals surface area contributed by atoms with E-state index < -0.39 is 6.09 Å². The zero-order valence-electron chi connectivity index (χ0n) is 9.17. The molecule has 5 heteroatoms. The maximum absolute atomic E-state index is 11.5. The molecule has 0 fully saturated rings. The van der Waals surface area contributed by atoms with Gasteiger partial charge in [-0.05, 0) is 5.56 Å². The zero-order chi connectivity index (χ0) is 12.5. The van der Waals surface area contributed by atoms with E-state index in [-0.39, 0.29) is 19.7 Å². The predicted octanol–water partition coefficient (Wildman–Crippen LogP) is 1.67. The minimum absolute atomic E-state index is 0.132. The largest absolute Gasteiger partial charge is 0.444 e. The van der Waals surface area contributed by atoms with E-state index in [1.165, 1.54) is 0 Å². The molecule has 0 saturated carbocycles. The summed E-state index contributed by atoms with van der Waals surface area (Å²) in [5.41, 5.74) is 0.856. The minimum atomic E-state index is -0.656. The first-order chi connectivity index (χ1) is 8.27. The van der Waals surface area contributed by atoms with Crippen LogP contribution in [0.1, 0.15) is 5.56 Å². The van der Waals surface area contributed by atoms with Gasteiger partial charge in [-0.2, -0.15) is 10.5 Å². The average molecular weight is 229 g/mol. The van der Waals surface area contributed by atoms with Gasteiger partial charge in [0, 0.05) is 0 Å². The van der Waals surface area contributed by atoms with Crippen LogP contribution in [0.5, 0.6) is 0 Å². The molecule has 5 nitrogen and oxygen atoms in total. The van der Waals surface area contributed by atoms with Crippen LogP contribution in [0.4, 0.5) is 4.79 Å². The van der Waals surface area contributed by atoms with Crippen LogP contribution in [0.2, 0.25) is 0 Å². The van der Waals surface area contributed by atoms with Crippen LogP contribution in [0, 0.1) is 22.7 Å². The van der Waals surface area contributed by atoms with Gasteiger partial charge in [0.05, 0.1) is 12.1 Å². The fourth-order valence-electron chi connectivity index (χ4n) is 1.17. The van der Waals surface area contributed by atoms with Gasteiger partial charge >= 0.3 is 6.09 Å². The highest BCUT2D eigenvalue weighted by Crippen LogP contribution is 2.02. The van der Waals surface area contributed by atoms with Crippen molar-refractivity contribution in [3.63, 3.8) is 0 Å². The summed E-state index contributed by atoms with van der Waals surface area (Å²) in [6, 6.07) is 12.8. The van der Waals surface area contributed by atoms with E-state index in [1.807, 2.05) is 30.3 Å². The lowest BCUT2D eigenvalue weighted by Gasteiger charge is -2.15. The molecule has 0 aromatic heterocycles. The highest BCUT2D eigenvalue weighted by Gasteiger charge is 2.13. The maximum Gasteiger partial charge on any atom is 0.411 e. The first-order valence-corrected chi connectivity index (χ1v) is 4.97. The molecule has 0 aliphatic carbocycles. The number of hydrogen-bond donors (Lipinski definition) is 0. The van der Waals surface area contributed by atoms with Gasteiger partial charge in [0.25, 0.3) is 0 Å². The van der Waals surface area contributed by atoms with E-state index in [0.717, 1.165) is 10.5 Å². The molecule has 0 radical (unpaired) electrons. The second-order valence-corrected chi connectivity index (χ2v) is 3.21. The summed E-state index contributed by atoms with van der Waals surface area (Å²) in [5.74, 6) is 0. The Bertz CT molecular complexity index is 429. The molecule has 0 spiro atoms. The normalized spacial score (nSPS) is 8.82. The number of ether oxygens (including phenoxy) is 1. The van der Waals surface area contributed by atoms with Crippen LogP contribution in [0.25, 0.3) is 0 Å². The molecule has 0 saturated heterocycles. The van der Waals surface area contributed by atoms with Crippen LogP contribution in [0.15, 0.2) is 30.3 Å². The molecule has 0 heterocycles. The van der Waals surface area contributed by atoms with Crippen molar-refractivity contribution >= 4 is 6.09 Å². The second-order valence-electron chi connectivity index (χ2n) is 3.21. The number of benzene rings is 1. The summed E-state index contributed by atoms with van der Waals surface area (Å²) in [5, 5.41) is 17.0. The summed E-state index contributed by atoms with van der Waals surface area (Å²) in [6.07, 6.45) is -0.656. The molecule has 0 atom stereocenters. The van der Waals surface area contributed by atoms with Crippen LogP contribution < -0.4 is 0 Å². The molecule has 1 aromatic rings. The Balaban J connectivity index is 2.48. The molecule has 0 bridgehead atoms. The number of carbonyl (C=O) groups excluding carboxylic acids is 1. The van der Waals surface area contributed by atoms with Gasteiger partial charge in [0.15, 0.2) is 0 Å². The van der Waals surface area contributed by atoms with E-state index in [1.54, 1.807) is 12.1 Å². The van der Waals surface area contributed by atoms with Gasteiger partial charge in [-0.3, -0.25) is 4.90 Å². The number of nitrogens with zero attached hydrogens (tertiary/aromatic N) is 3. The first kappa shape index (κ1) is 12.5. The Morgan fingerprint density at radius 3 is 2.29 bits per heavy atom. The summed E-state index contributed by atoms with van der Waals surface area (Å²) in [6.45, 7) is -0.171. The summed E-state index contributed by atoms with van der Waals surface area (Å²) >= 11 is 0. The van der Waals surface area contributed by atoms with E-state index in [0.29, 0.717) is 0 Å². The lowest BCUT2D eigenvalue weighted by molar-refractivity contribution is 0.105. The number of rotatable bonds is 4. The summed E-state index contributed by atoms with van der Waals surface area (Å²) in [7, 11) is 0. The average Bonchev–Trinajstić information content (AvgIpc) is 2.37. The topological polar surface area (TPSA) is 77.1 Å². The van der Waals surface area contributed by atoms with Crippen molar-refractivity contribution in [3.05, 3.63) is 35.9 Å². The first-order valence-electron chi connectivity index (χ1n) is 4.97. The summed E-state index contributed by atoms with van der Waals surface area (Å²) in [4.78, 5) is 12.5. The van der Waals surface area contributed by atoms with Crippen molar-refractivity contribution in [2.75, 3.05) is 13.1 Å². The molecular weight excluding hydrogens is 218 g/mol. The van der Waals surface area contributed by atoms with Gasteiger partial charge in [-0.1, -0.05) is 30.3 Å². The SMILES string of the molecule is N#CCN(CC#N)C(=O)OCc1ccccc1. The Kier molecular flexibility index (Phi) is 5.06. The van der Waals surface area contributed by atoms with Gasteiger partial charge in [0.1, 0.15) is 19.7 Å². The Labute approximate surface area is 99.4 Å². The Hall–Kier alpha value is -2.53. The van der Waals surface area contributed by atoms with Crippen molar-refractivity contribution < 1.29 is 9.53 Å². The molecule has 1 aromatic carbocycles. The summed E-state index contributed by atoms with van der Waals surface area (Å²) < 4.78 is 4.98. The van der Waals surface area contributed by atoms with Gasteiger partial charge in [-0.15, -0.1) is 0 Å². The van der Waals surface area contributed by atoms with Crippen LogP contribution in [0.3, 0.4) is 0 Å². The highest BCUT2D eigenvalue weighted by atomic mass is 16.6. The van der Waals surface area contributed by atoms with Crippen molar-refractivity contribution in [3.8, 4) is 12.1 Å². The Morgan fingerprint density at radius 2 is 1.76 bits per heavy atom. The smallest absolute Gasteiger partial charge is 0.411 e. The fourth-order valence-corrected chi connectivity index (χ4v) is 1.17. The van der Waals surface area contributed by atoms with Gasteiger partial charge < -0.3 is 4.74 Å². The number of carbonyl (C=O) groups is 1. The maximum atomic E-state index is 11.5. The molecular formula is C12H11N3O2. The van der Waals surface area contributed by atoms with Gasteiger partial charge in [-0.25, -0.2) is 4.79 Å². The van der Waals surface area contributed by atoms with Crippen LogP contribution in [-0.4, -0.2) is 24.1 Å².